The summed E-state index contributed by atoms with van der Waals surface area (Å²) in [7, 11) is 0. The molecule has 3 heterocycles. The summed E-state index contributed by atoms with van der Waals surface area (Å²) >= 11 is 3.53. The lowest BCUT2D eigenvalue weighted by Crippen LogP contribution is -2.09. The number of nitrogens with zero attached hydrogens (tertiary/aromatic N) is 5. The summed E-state index contributed by atoms with van der Waals surface area (Å²) in [5.74, 6) is 7.12. The molecule has 0 bridgehead atoms. The van der Waals surface area contributed by atoms with Crippen molar-refractivity contribution in [1.82, 2.24) is 14.5 Å². The monoisotopic (exact) mass is 485 g/mol. The molecule has 0 N–H and O–H groups in total. The molecule has 4 aromatic rings. The molecule has 2 aromatic heterocycles. The number of aromatic nitrogens is 3. The van der Waals surface area contributed by atoms with Crippen LogP contribution in [0, 0.1) is 27.9 Å². The molecule has 0 unspecified atom stereocenters. The summed E-state index contributed by atoms with van der Waals surface area (Å²) in [5, 5.41) is 11.8. The number of hydrogen-bond acceptors (Lipinski definition) is 7. The molecule has 0 fully saturated rings. The summed E-state index contributed by atoms with van der Waals surface area (Å²) in [5.41, 5.74) is 4.81. The van der Waals surface area contributed by atoms with Gasteiger partial charge in [0.05, 0.1) is 40.3 Å². The second kappa shape index (κ2) is 10.4. The van der Waals surface area contributed by atoms with Crippen LogP contribution in [-0.2, 0) is 6.54 Å². The van der Waals surface area contributed by atoms with Gasteiger partial charge in [-0.3, -0.25) is 19.7 Å². The summed E-state index contributed by atoms with van der Waals surface area (Å²) < 4.78 is 7.41. The quantitative estimate of drug-likeness (QED) is 0.183. The van der Waals surface area contributed by atoms with E-state index in [1.807, 2.05) is 36.6 Å². The first-order chi connectivity index (χ1) is 17.0. The molecule has 2 aromatic carbocycles. The van der Waals surface area contributed by atoms with E-state index in [2.05, 4.69) is 34.4 Å². The summed E-state index contributed by atoms with van der Waals surface area (Å²) in [6, 6.07) is 12.5. The molecule has 8 nitrogen and oxygen atoms in total. The number of fused-ring (bicyclic) bond motifs is 3. The molecule has 1 aliphatic heterocycles. The third kappa shape index (κ3) is 4.74. The minimum absolute atomic E-state index is 0.000955. The Morgan fingerprint density at radius 3 is 2.69 bits per heavy atom. The maximum Gasteiger partial charge on any atom is 0.278 e. The predicted octanol–water partition coefficient (Wildman–Crippen LogP) is 5.34. The molecular weight excluding hydrogens is 462 g/mol. The zero-order chi connectivity index (χ0) is 24.9. The smallest absolute Gasteiger partial charge is 0.278 e. The average molecular weight is 486 g/mol. The summed E-state index contributed by atoms with van der Waals surface area (Å²) in [6.45, 7) is 4.32. The van der Waals surface area contributed by atoms with Gasteiger partial charge in [0.25, 0.3) is 5.69 Å². The van der Waals surface area contributed by atoms with Gasteiger partial charge in [0, 0.05) is 23.1 Å². The number of oxazole rings is 1. The minimum atomic E-state index is -0.382. The molecule has 1 aliphatic rings. The molecule has 0 saturated heterocycles. The number of aliphatic imine (C=N–C) groups is 1. The molecule has 35 heavy (non-hydrogen) atoms. The fraction of sp³-hybridized carbons (Fsp3) is 0.192. The Kier molecular flexibility index (Phi) is 7.13. The van der Waals surface area contributed by atoms with Crippen molar-refractivity contribution < 1.29 is 9.34 Å². The zero-order valence-corrected chi connectivity index (χ0v) is 20.4. The first-order valence-corrected chi connectivity index (χ1v) is 11.8. The highest BCUT2D eigenvalue weighted by molar-refractivity contribution is 7.79. The molecule has 9 heteroatoms. The number of para-hydroxylation sites is 1. The lowest BCUT2D eigenvalue weighted by atomic mass is 9.97. The Hall–Kier alpha value is -4.16. The van der Waals surface area contributed by atoms with Crippen LogP contribution in [0.1, 0.15) is 36.2 Å². The Morgan fingerprint density at radius 2 is 1.97 bits per heavy atom. The van der Waals surface area contributed by atoms with E-state index in [1.54, 1.807) is 37.0 Å². The molecule has 0 radical (unpaired) electrons. The van der Waals surface area contributed by atoms with Gasteiger partial charge in [0.2, 0.25) is 0 Å². The minimum Gasteiger partial charge on any atom is -0.442 e. The van der Waals surface area contributed by atoms with Gasteiger partial charge in [-0.1, -0.05) is 37.8 Å². The van der Waals surface area contributed by atoms with E-state index in [4.69, 9.17) is 9.41 Å². The second-order valence-electron chi connectivity index (χ2n) is 7.87. The van der Waals surface area contributed by atoms with Crippen molar-refractivity contribution in [3.05, 3.63) is 93.9 Å². The van der Waals surface area contributed by atoms with Crippen LogP contribution < -0.4 is 0 Å². The fourth-order valence-corrected chi connectivity index (χ4v) is 3.81. The van der Waals surface area contributed by atoms with Crippen LogP contribution in [0.15, 0.2) is 70.8 Å². The van der Waals surface area contributed by atoms with E-state index in [1.165, 1.54) is 12.5 Å². The first-order valence-electron chi connectivity index (χ1n) is 10.9. The predicted molar refractivity (Wildman–Crippen MR) is 138 cm³/mol. The normalized spacial score (nSPS) is 11.7. The van der Waals surface area contributed by atoms with E-state index >= 15 is 0 Å². The van der Waals surface area contributed by atoms with Crippen molar-refractivity contribution >= 4 is 24.0 Å². The summed E-state index contributed by atoms with van der Waals surface area (Å²) in [6.07, 6.45) is 6.36. The molecule has 0 aliphatic carbocycles. The average Bonchev–Trinajstić information content (AvgIpc) is 3.52. The van der Waals surface area contributed by atoms with E-state index in [0.717, 1.165) is 22.5 Å². The Labute approximate surface area is 208 Å². The second-order valence-corrected chi connectivity index (χ2v) is 7.87. The van der Waals surface area contributed by atoms with Crippen LogP contribution in [0.25, 0.3) is 17.1 Å². The van der Waals surface area contributed by atoms with Gasteiger partial charge in [-0.15, -0.1) is 0 Å². The number of rotatable bonds is 3. The standard InChI is InChI=1S/C25H19N5O3.CH4S/c1-16(2)7-8-17-9-10-20-19(11-17)24(18-5-3-4-6-21(18)30(31)32)27-12-22-25(28-14-29(20)22)23-13-26-15-33-23;1-2/h3-6,9-11,13-16H,12H2,1-2H3;2H,1H3. The lowest BCUT2D eigenvalue weighted by molar-refractivity contribution is -0.385. The van der Waals surface area contributed by atoms with Crippen molar-refractivity contribution in [3.63, 3.8) is 0 Å². The number of nitro benzene ring substituents is 1. The number of nitro groups is 1. The van der Waals surface area contributed by atoms with E-state index in [-0.39, 0.29) is 23.1 Å². The maximum atomic E-state index is 11.8. The lowest BCUT2D eigenvalue weighted by Gasteiger charge is -2.12. The van der Waals surface area contributed by atoms with Crippen molar-refractivity contribution in [2.75, 3.05) is 6.26 Å². The number of thiol groups is 1. The van der Waals surface area contributed by atoms with Crippen LogP contribution >= 0.6 is 12.6 Å². The van der Waals surface area contributed by atoms with E-state index in [9.17, 15) is 10.1 Å². The maximum absolute atomic E-state index is 11.8. The van der Waals surface area contributed by atoms with Crippen LogP contribution in [0.2, 0.25) is 0 Å². The molecule has 0 amide bonds. The van der Waals surface area contributed by atoms with Crippen LogP contribution in [0.5, 0.6) is 0 Å². The highest BCUT2D eigenvalue weighted by Gasteiger charge is 2.27. The van der Waals surface area contributed by atoms with Gasteiger partial charge in [-0.25, -0.2) is 9.97 Å². The summed E-state index contributed by atoms with van der Waals surface area (Å²) in [4.78, 5) is 24.8. The molecular formula is C26H23N5O3S. The molecule has 5 rings (SSSR count). The molecule has 0 saturated carbocycles. The van der Waals surface area contributed by atoms with Gasteiger partial charge in [0.15, 0.2) is 12.2 Å². The van der Waals surface area contributed by atoms with Crippen molar-refractivity contribution in [2.24, 2.45) is 10.9 Å². The van der Waals surface area contributed by atoms with Gasteiger partial charge < -0.3 is 4.42 Å². The largest absolute Gasteiger partial charge is 0.442 e. The van der Waals surface area contributed by atoms with Gasteiger partial charge >= 0.3 is 0 Å². The number of hydrogen-bond donors (Lipinski definition) is 1. The first kappa shape index (κ1) is 24.0. The van der Waals surface area contributed by atoms with E-state index in [0.29, 0.717) is 22.7 Å². The van der Waals surface area contributed by atoms with Gasteiger partial charge in [-0.05, 0) is 30.5 Å². The van der Waals surface area contributed by atoms with Crippen molar-refractivity contribution in [1.29, 1.82) is 0 Å². The van der Waals surface area contributed by atoms with Gasteiger partial charge in [-0.2, -0.15) is 12.6 Å². The SMILES string of the molecule is CC(C)C#Cc1ccc2c(c1)C(c1ccccc1[N+](=O)[O-])=NCc1c(-c3cnco3)ncn1-2.CS. The number of imidazole rings is 1. The Balaban J connectivity index is 0.00000141. The van der Waals surface area contributed by atoms with Crippen molar-refractivity contribution in [2.45, 2.75) is 20.4 Å². The third-order valence-electron chi connectivity index (χ3n) is 5.29. The van der Waals surface area contributed by atoms with Gasteiger partial charge in [0.1, 0.15) is 12.0 Å². The van der Waals surface area contributed by atoms with E-state index < -0.39 is 0 Å². The van der Waals surface area contributed by atoms with Crippen LogP contribution in [0.4, 0.5) is 5.69 Å². The Bertz CT molecular complexity index is 1460. The third-order valence-corrected chi connectivity index (χ3v) is 5.29. The molecule has 176 valence electrons. The topological polar surface area (TPSA) is 99.3 Å². The van der Waals surface area contributed by atoms with Crippen LogP contribution in [0.3, 0.4) is 0 Å². The van der Waals surface area contributed by atoms with Crippen LogP contribution in [-0.4, -0.2) is 31.4 Å². The Morgan fingerprint density at radius 1 is 1.17 bits per heavy atom. The fourth-order valence-electron chi connectivity index (χ4n) is 3.81. The number of benzene rings is 2. The highest BCUT2D eigenvalue weighted by Crippen LogP contribution is 2.33. The van der Waals surface area contributed by atoms with Crippen molar-refractivity contribution in [3.8, 4) is 29.0 Å². The highest BCUT2D eigenvalue weighted by atomic mass is 32.1. The zero-order valence-electron chi connectivity index (χ0n) is 19.5. The molecule has 0 spiro atoms. The molecule has 0 atom stereocenters.